The van der Waals surface area contributed by atoms with Crippen LogP contribution in [0.25, 0.3) is 0 Å². The summed E-state index contributed by atoms with van der Waals surface area (Å²) < 4.78 is 0. The lowest BCUT2D eigenvalue weighted by molar-refractivity contribution is -0.123. The molecular weight excluding hydrogens is 198 g/mol. The maximum Gasteiger partial charge on any atom is 0.240 e. The molecule has 0 aliphatic heterocycles. The standard InChI is InChI=1S/C11H14ClNO/c1-11(2,12)10(14)13-8-9-6-4-3-5-7-9/h3-7H,8H2,1-2H3,(H,13,14). The Kier molecular flexibility index (Phi) is 3.53. The smallest absolute Gasteiger partial charge is 0.240 e. The van der Waals surface area contributed by atoms with Gasteiger partial charge in [0.1, 0.15) is 4.87 Å². The lowest BCUT2D eigenvalue weighted by atomic mass is 10.2. The van der Waals surface area contributed by atoms with Crippen molar-refractivity contribution >= 4 is 17.5 Å². The molecule has 14 heavy (non-hydrogen) atoms. The van der Waals surface area contributed by atoms with Crippen molar-refractivity contribution < 1.29 is 4.79 Å². The van der Waals surface area contributed by atoms with Crippen LogP contribution in [-0.4, -0.2) is 10.8 Å². The fourth-order valence-electron chi connectivity index (χ4n) is 0.988. The lowest BCUT2D eigenvalue weighted by Gasteiger charge is -2.15. The highest BCUT2D eigenvalue weighted by Gasteiger charge is 2.23. The first kappa shape index (κ1) is 11.1. The molecule has 0 unspecified atom stereocenters. The molecule has 2 nitrogen and oxygen atoms in total. The summed E-state index contributed by atoms with van der Waals surface area (Å²) in [6.45, 7) is 3.87. The van der Waals surface area contributed by atoms with Crippen molar-refractivity contribution in [3.63, 3.8) is 0 Å². The molecule has 1 aromatic carbocycles. The fraction of sp³-hybridized carbons (Fsp3) is 0.364. The Morgan fingerprint density at radius 3 is 2.43 bits per heavy atom. The van der Waals surface area contributed by atoms with Crippen LogP contribution in [0.5, 0.6) is 0 Å². The molecule has 0 aliphatic rings. The summed E-state index contributed by atoms with van der Waals surface area (Å²) in [5.41, 5.74) is 1.07. The van der Waals surface area contributed by atoms with Crippen molar-refractivity contribution in [3.8, 4) is 0 Å². The maximum atomic E-state index is 11.4. The summed E-state index contributed by atoms with van der Waals surface area (Å²) in [6, 6.07) is 9.74. The summed E-state index contributed by atoms with van der Waals surface area (Å²) in [5, 5.41) is 2.77. The topological polar surface area (TPSA) is 29.1 Å². The second-order valence-corrected chi connectivity index (χ2v) is 4.59. The highest BCUT2D eigenvalue weighted by Crippen LogP contribution is 2.12. The Hall–Kier alpha value is -1.02. The van der Waals surface area contributed by atoms with E-state index >= 15 is 0 Å². The third kappa shape index (κ3) is 3.38. The summed E-state index contributed by atoms with van der Waals surface area (Å²) in [4.78, 5) is 10.6. The largest absolute Gasteiger partial charge is 0.351 e. The third-order valence-corrected chi connectivity index (χ3v) is 2.01. The molecule has 0 spiro atoms. The normalized spacial score (nSPS) is 11.1. The zero-order valence-electron chi connectivity index (χ0n) is 8.38. The van der Waals surface area contributed by atoms with Gasteiger partial charge in [0.05, 0.1) is 0 Å². The van der Waals surface area contributed by atoms with Crippen LogP contribution in [0.15, 0.2) is 30.3 Å². The van der Waals surface area contributed by atoms with E-state index in [1.807, 2.05) is 30.3 Å². The maximum absolute atomic E-state index is 11.4. The summed E-state index contributed by atoms with van der Waals surface area (Å²) >= 11 is 5.84. The Morgan fingerprint density at radius 2 is 1.93 bits per heavy atom. The zero-order valence-corrected chi connectivity index (χ0v) is 9.14. The molecule has 0 atom stereocenters. The lowest BCUT2D eigenvalue weighted by Crippen LogP contribution is -2.37. The number of halogens is 1. The van der Waals surface area contributed by atoms with Crippen molar-refractivity contribution in [2.75, 3.05) is 0 Å². The van der Waals surface area contributed by atoms with Crippen molar-refractivity contribution in [1.29, 1.82) is 0 Å². The number of carbonyl (C=O) groups excluding carboxylic acids is 1. The van der Waals surface area contributed by atoms with Gasteiger partial charge in [-0.1, -0.05) is 30.3 Å². The predicted octanol–water partition coefficient (Wildman–Crippen LogP) is 2.32. The molecule has 1 rings (SSSR count). The first-order chi connectivity index (χ1) is 6.50. The molecule has 0 aliphatic carbocycles. The minimum atomic E-state index is -0.839. The van der Waals surface area contributed by atoms with Gasteiger partial charge in [0.2, 0.25) is 5.91 Å². The molecule has 0 bridgehead atoms. The van der Waals surface area contributed by atoms with Gasteiger partial charge in [-0.25, -0.2) is 0 Å². The van der Waals surface area contributed by atoms with Gasteiger partial charge in [0, 0.05) is 6.54 Å². The van der Waals surface area contributed by atoms with Gasteiger partial charge >= 0.3 is 0 Å². The molecule has 1 aromatic rings. The minimum Gasteiger partial charge on any atom is -0.351 e. The van der Waals surface area contributed by atoms with E-state index in [0.717, 1.165) is 5.56 Å². The Morgan fingerprint density at radius 1 is 1.36 bits per heavy atom. The average molecular weight is 212 g/mol. The van der Waals surface area contributed by atoms with Gasteiger partial charge in [-0.15, -0.1) is 11.6 Å². The molecular formula is C11H14ClNO. The molecule has 0 saturated heterocycles. The van der Waals surface area contributed by atoms with Gasteiger partial charge in [0.25, 0.3) is 0 Å². The molecule has 0 aromatic heterocycles. The molecule has 1 N–H and O–H groups in total. The average Bonchev–Trinajstić information content (AvgIpc) is 2.14. The first-order valence-electron chi connectivity index (χ1n) is 4.51. The summed E-state index contributed by atoms with van der Waals surface area (Å²) in [7, 11) is 0. The van der Waals surface area contributed by atoms with Crippen LogP contribution >= 0.6 is 11.6 Å². The van der Waals surface area contributed by atoms with Gasteiger partial charge in [-0.05, 0) is 19.4 Å². The van der Waals surface area contributed by atoms with Crippen LogP contribution in [0, 0.1) is 0 Å². The van der Waals surface area contributed by atoms with E-state index < -0.39 is 4.87 Å². The van der Waals surface area contributed by atoms with E-state index in [-0.39, 0.29) is 5.91 Å². The number of alkyl halides is 1. The highest BCUT2D eigenvalue weighted by molar-refractivity contribution is 6.34. The molecule has 76 valence electrons. The molecule has 0 saturated carbocycles. The molecule has 0 fully saturated rings. The summed E-state index contributed by atoms with van der Waals surface area (Å²) in [6.07, 6.45) is 0. The number of carbonyl (C=O) groups is 1. The van der Waals surface area contributed by atoms with Gasteiger partial charge in [-0.3, -0.25) is 4.79 Å². The predicted molar refractivity (Wildman–Crippen MR) is 58.2 cm³/mol. The van der Waals surface area contributed by atoms with Crippen molar-refractivity contribution in [2.45, 2.75) is 25.3 Å². The second kappa shape index (κ2) is 4.47. The Bertz CT molecular complexity index is 303. The SMILES string of the molecule is CC(C)(Cl)C(=O)NCc1ccccc1. The molecule has 0 heterocycles. The zero-order chi connectivity index (χ0) is 10.6. The van der Waals surface area contributed by atoms with Crippen molar-refractivity contribution in [2.24, 2.45) is 0 Å². The number of amides is 1. The highest BCUT2D eigenvalue weighted by atomic mass is 35.5. The van der Waals surface area contributed by atoms with Gasteiger partial charge in [-0.2, -0.15) is 0 Å². The van der Waals surface area contributed by atoms with E-state index in [1.54, 1.807) is 13.8 Å². The van der Waals surface area contributed by atoms with Crippen LogP contribution in [-0.2, 0) is 11.3 Å². The van der Waals surface area contributed by atoms with Gasteiger partial charge < -0.3 is 5.32 Å². The second-order valence-electron chi connectivity index (χ2n) is 3.64. The van der Waals surface area contributed by atoms with E-state index in [0.29, 0.717) is 6.54 Å². The molecule has 1 amide bonds. The van der Waals surface area contributed by atoms with E-state index in [1.165, 1.54) is 0 Å². The molecule has 3 heteroatoms. The number of rotatable bonds is 3. The number of hydrogen-bond donors (Lipinski definition) is 1. The number of hydrogen-bond acceptors (Lipinski definition) is 1. The van der Waals surface area contributed by atoms with Crippen molar-refractivity contribution in [1.82, 2.24) is 5.32 Å². The Labute approximate surface area is 89.3 Å². The van der Waals surface area contributed by atoms with Crippen molar-refractivity contribution in [3.05, 3.63) is 35.9 Å². The monoisotopic (exact) mass is 211 g/mol. The third-order valence-electron chi connectivity index (χ3n) is 1.84. The minimum absolute atomic E-state index is 0.150. The first-order valence-corrected chi connectivity index (χ1v) is 4.89. The van der Waals surface area contributed by atoms with Crippen LogP contribution in [0.1, 0.15) is 19.4 Å². The van der Waals surface area contributed by atoms with E-state index in [4.69, 9.17) is 11.6 Å². The van der Waals surface area contributed by atoms with Crippen LogP contribution in [0.3, 0.4) is 0 Å². The Balaban J connectivity index is 2.46. The number of nitrogens with one attached hydrogen (secondary N) is 1. The van der Waals surface area contributed by atoms with Crippen LogP contribution < -0.4 is 5.32 Å². The van der Waals surface area contributed by atoms with E-state index in [9.17, 15) is 4.79 Å². The quantitative estimate of drug-likeness (QED) is 0.764. The van der Waals surface area contributed by atoms with Crippen LogP contribution in [0.4, 0.5) is 0 Å². The van der Waals surface area contributed by atoms with E-state index in [2.05, 4.69) is 5.32 Å². The number of benzene rings is 1. The van der Waals surface area contributed by atoms with Crippen LogP contribution in [0.2, 0.25) is 0 Å². The molecule has 0 radical (unpaired) electrons. The fourth-order valence-corrected chi connectivity index (χ4v) is 1.06. The summed E-state index contributed by atoms with van der Waals surface area (Å²) in [5.74, 6) is -0.150. The van der Waals surface area contributed by atoms with Gasteiger partial charge in [0.15, 0.2) is 0 Å².